The van der Waals surface area contributed by atoms with E-state index in [4.69, 9.17) is 11.6 Å². The molecule has 1 atom stereocenters. The van der Waals surface area contributed by atoms with Gasteiger partial charge in [-0.2, -0.15) is 0 Å². The largest absolute Gasteiger partial charge is 0.316 e. The highest BCUT2D eigenvalue weighted by atomic mass is 35.5. The minimum absolute atomic E-state index is 0.191. The van der Waals surface area contributed by atoms with Gasteiger partial charge in [0.15, 0.2) is 0 Å². The molecule has 0 aliphatic heterocycles. The first-order valence-electron chi connectivity index (χ1n) is 6.90. The van der Waals surface area contributed by atoms with E-state index in [0.29, 0.717) is 0 Å². The van der Waals surface area contributed by atoms with E-state index in [0.717, 1.165) is 35.7 Å². The lowest BCUT2D eigenvalue weighted by molar-refractivity contribution is 0.588. The molecule has 0 bridgehead atoms. The zero-order valence-corrected chi connectivity index (χ0v) is 12.3. The second-order valence-electron chi connectivity index (χ2n) is 4.86. The van der Waals surface area contributed by atoms with Crippen LogP contribution in [0.2, 0.25) is 5.02 Å². The fourth-order valence-electron chi connectivity index (χ4n) is 2.37. The number of halogens is 2. The summed E-state index contributed by atoms with van der Waals surface area (Å²) in [5.41, 5.74) is 2.10. The lowest BCUT2D eigenvalue weighted by Crippen LogP contribution is -2.23. The summed E-state index contributed by atoms with van der Waals surface area (Å²) in [5.74, 6) is 0.0503. The summed E-state index contributed by atoms with van der Waals surface area (Å²) in [6, 6.07) is 14.6. The third kappa shape index (κ3) is 4.06. The van der Waals surface area contributed by atoms with Gasteiger partial charge < -0.3 is 5.32 Å². The maximum absolute atomic E-state index is 13.3. The molecule has 106 valence electrons. The molecule has 20 heavy (non-hydrogen) atoms. The van der Waals surface area contributed by atoms with Gasteiger partial charge in [0, 0.05) is 17.5 Å². The SMILES string of the molecule is CCNCC(Cc1cccc(F)c1)c1ccccc1Cl. The van der Waals surface area contributed by atoms with E-state index in [1.807, 2.05) is 30.3 Å². The van der Waals surface area contributed by atoms with Crippen LogP contribution in [0.15, 0.2) is 48.5 Å². The molecule has 0 fully saturated rings. The van der Waals surface area contributed by atoms with Gasteiger partial charge in [-0.1, -0.05) is 48.9 Å². The van der Waals surface area contributed by atoms with Gasteiger partial charge in [-0.3, -0.25) is 0 Å². The smallest absolute Gasteiger partial charge is 0.123 e. The molecule has 2 aromatic carbocycles. The number of rotatable bonds is 6. The Morgan fingerprint density at radius 1 is 1.15 bits per heavy atom. The average molecular weight is 292 g/mol. The molecule has 1 N–H and O–H groups in total. The molecule has 1 nitrogen and oxygen atoms in total. The molecular formula is C17H19ClFN. The van der Waals surface area contributed by atoms with Crippen molar-refractivity contribution in [1.82, 2.24) is 5.32 Å². The second kappa shape index (κ2) is 7.41. The lowest BCUT2D eigenvalue weighted by Gasteiger charge is -2.19. The monoisotopic (exact) mass is 291 g/mol. The molecule has 3 heteroatoms. The predicted octanol–water partition coefficient (Wildman–Crippen LogP) is 4.41. The highest BCUT2D eigenvalue weighted by molar-refractivity contribution is 6.31. The van der Waals surface area contributed by atoms with Gasteiger partial charge in [-0.25, -0.2) is 4.39 Å². The van der Waals surface area contributed by atoms with Crippen molar-refractivity contribution in [3.05, 3.63) is 70.5 Å². The van der Waals surface area contributed by atoms with Crippen LogP contribution in [-0.2, 0) is 6.42 Å². The van der Waals surface area contributed by atoms with Crippen LogP contribution >= 0.6 is 11.6 Å². The maximum atomic E-state index is 13.3. The Labute approximate surface area is 124 Å². The van der Waals surface area contributed by atoms with Crippen molar-refractivity contribution in [2.75, 3.05) is 13.1 Å². The van der Waals surface area contributed by atoms with Gasteiger partial charge in [0.2, 0.25) is 0 Å². The fraction of sp³-hybridized carbons (Fsp3) is 0.294. The summed E-state index contributed by atoms with van der Waals surface area (Å²) in [6.45, 7) is 3.81. The molecule has 0 heterocycles. The number of hydrogen-bond donors (Lipinski definition) is 1. The van der Waals surface area contributed by atoms with Gasteiger partial charge in [0.1, 0.15) is 5.82 Å². The molecule has 2 aromatic rings. The van der Waals surface area contributed by atoms with Crippen molar-refractivity contribution in [3.8, 4) is 0 Å². The Balaban J connectivity index is 2.22. The minimum atomic E-state index is -0.191. The van der Waals surface area contributed by atoms with Crippen molar-refractivity contribution >= 4 is 11.6 Å². The Kier molecular flexibility index (Phi) is 5.57. The van der Waals surface area contributed by atoms with Crippen molar-refractivity contribution in [2.24, 2.45) is 0 Å². The normalized spacial score (nSPS) is 12.3. The topological polar surface area (TPSA) is 12.0 Å². The fourth-order valence-corrected chi connectivity index (χ4v) is 2.66. The lowest BCUT2D eigenvalue weighted by atomic mass is 9.91. The van der Waals surface area contributed by atoms with Crippen molar-refractivity contribution in [2.45, 2.75) is 19.3 Å². The Morgan fingerprint density at radius 2 is 1.95 bits per heavy atom. The average Bonchev–Trinajstić information content (AvgIpc) is 2.44. The van der Waals surface area contributed by atoms with Gasteiger partial charge in [0.05, 0.1) is 0 Å². The summed E-state index contributed by atoms with van der Waals surface area (Å²) >= 11 is 6.29. The molecular weight excluding hydrogens is 273 g/mol. The van der Waals surface area contributed by atoms with Crippen LogP contribution in [-0.4, -0.2) is 13.1 Å². The molecule has 0 saturated heterocycles. The molecule has 0 spiro atoms. The third-order valence-electron chi connectivity index (χ3n) is 3.36. The van der Waals surface area contributed by atoms with Crippen LogP contribution < -0.4 is 5.32 Å². The van der Waals surface area contributed by atoms with Crippen molar-refractivity contribution < 1.29 is 4.39 Å². The standard InChI is InChI=1S/C17H19ClFN/c1-2-20-12-14(16-8-3-4-9-17(16)18)10-13-6-5-7-15(19)11-13/h3-9,11,14,20H,2,10,12H2,1H3. The molecule has 1 unspecified atom stereocenters. The summed E-state index contributed by atoms with van der Waals surface area (Å²) in [7, 11) is 0. The number of hydrogen-bond acceptors (Lipinski definition) is 1. The minimum Gasteiger partial charge on any atom is -0.316 e. The van der Waals surface area contributed by atoms with Gasteiger partial charge in [-0.05, 0) is 42.3 Å². The predicted molar refractivity (Wildman–Crippen MR) is 82.8 cm³/mol. The number of nitrogens with one attached hydrogen (secondary N) is 1. The van der Waals surface area contributed by atoms with Crippen LogP contribution in [0.3, 0.4) is 0 Å². The molecule has 0 aliphatic rings. The zero-order chi connectivity index (χ0) is 14.4. The van der Waals surface area contributed by atoms with Crippen molar-refractivity contribution in [3.63, 3.8) is 0 Å². The Morgan fingerprint density at radius 3 is 2.65 bits per heavy atom. The van der Waals surface area contributed by atoms with E-state index in [-0.39, 0.29) is 11.7 Å². The van der Waals surface area contributed by atoms with E-state index < -0.39 is 0 Å². The molecule has 2 rings (SSSR count). The van der Waals surface area contributed by atoms with Crippen LogP contribution in [0.1, 0.15) is 24.0 Å². The summed E-state index contributed by atoms with van der Waals surface area (Å²) in [4.78, 5) is 0. The zero-order valence-electron chi connectivity index (χ0n) is 11.6. The van der Waals surface area contributed by atoms with Crippen LogP contribution in [0.5, 0.6) is 0 Å². The van der Waals surface area contributed by atoms with E-state index in [2.05, 4.69) is 12.2 Å². The summed E-state index contributed by atoms with van der Waals surface area (Å²) in [5, 5.41) is 4.13. The van der Waals surface area contributed by atoms with Crippen LogP contribution in [0, 0.1) is 5.82 Å². The van der Waals surface area contributed by atoms with Gasteiger partial charge in [0.25, 0.3) is 0 Å². The third-order valence-corrected chi connectivity index (χ3v) is 3.70. The second-order valence-corrected chi connectivity index (χ2v) is 5.27. The highest BCUT2D eigenvalue weighted by Crippen LogP contribution is 2.27. The van der Waals surface area contributed by atoms with E-state index in [1.54, 1.807) is 12.1 Å². The summed E-state index contributed by atoms with van der Waals surface area (Å²) in [6.07, 6.45) is 0.772. The Bertz CT molecular complexity index is 556. The Hall–Kier alpha value is -1.38. The van der Waals surface area contributed by atoms with E-state index >= 15 is 0 Å². The molecule has 0 aliphatic carbocycles. The molecule has 0 saturated carbocycles. The quantitative estimate of drug-likeness (QED) is 0.831. The first-order chi connectivity index (χ1) is 9.70. The van der Waals surface area contributed by atoms with Crippen LogP contribution in [0.25, 0.3) is 0 Å². The highest BCUT2D eigenvalue weighted by Gasteiger charge is 2.15. The number of benzene rings is 2. The first-order valence-corrected chi connectivity index (χ1v) is 7.28. The van der Waals surface area contributed by atoms with E-state index in [9.17, 15) is 4.39 Å². The van der Waals surface area contributed by atoms with Gasteiger partial charge >= 0.3 is 0 Å². The molecule has 0 amide bonds. The van der Waals surface area contributed by atoms with Crippen molar-refractivity contribution in [1.29, 1.82) is 0 Å². The molecule has 0 aromatic heterocycles. The van der Waals surface area contributed by atoms with Gasteiger partial charge in [-0.15, -0.1) is 0 Å². The van der Waals surface area contributed by atoms with E-state index in [1.165, 1.54) is 6.07 Å². The van der Waals surface area contributed by atoms with Crippen LogP contribution in [0.4, 0.5) is 4.39 Å². The first kappa shape index (κ1) is 15.0. The summed E-state index contributed by atoms with van der Waals surface area (Å²) < 4.78 is 13.3. The number of likely N-dealkylation sites (N-methyl/N-ethyl adjacent to an activating group) is 1. The molecule has 0 radical (unpaired) electrons. The maximum Gasteiger partial charge on any atom is 0.123 e.